The Bertz CT molecular complexity index is 5320. The fourth-order valence-electron chi connectivity index (χ4n) is 17.7. The lowest BCUT2D eigenvalue weighted by atomic mass is 10.1. The highest BCUT2D eigenvalue weighted by Crippen LogP contribution is 2.42. The summed E-state index contributed by atoms with van der Waals surface area (Å²) in [6, 6.07) is 129. The SMILES string of the molecule is CC(C)(C)[Si](OCCN(CCO[Si](c1ccccc1)(c1ccccc1)C(C)(C)C)c1ccc(/C=C/c2ccc(C=O)s2)c(OCc2ccccc2)c1)(c1ccccc1)c1ccccc1.CC(C)(C)[Si](OCCN(CCO[Si](c1ccccc1)(c1ccccc1)C(C)(C)C)c1ccc(C=Cc2cccs2)c(OCc2ccccc2)c1)(c1ccccc1)c1ccccc1. The van der Waals surface area contributed by atoms with E-state index in [0.29, 0.717) is 70.7 Å². The third-order valence-corrected chi connectivity index (χ3v) is 45.7. The van der Waals surface area contributed by atoms with Gasteiger partial charge < -0.3 is 37.0 Å². The van der Waals surface area contributed by atoms with E-state index in [1.54, 1.807) is 11.3 Å². The van der Waals surface area contributed by atoms with Gasteiger partial charge in [-0.05, 0) is 145 Å². The van der Waals surface area contributed by atoms with Gasteiger partial charge in [-0.15, -0.1) is 22.7 Å². The van der Waals surface area contributed by atoms with E-state index in [1.165, 1.54) is 57.7 Å². The molecule has 2 heterocycles. The van der Waals surface area contributed by atoms with Crippen LogP contribution in [0.3, 0.4) is 0 Å². The second kappa shape index (κ2) is 43.1. The van der Waals surface area contributed by atoms with Crippen LogP contribution in [0.25, 0.3) is 24.3 Å². The summed E-state index contributed by atoms with van der Waals surface area (Å²) in [4.78, 5) is 19.2. The molecule has 0 aliphatic rings. The second-order valence-electron chi connectivity index (χ2n) is 36.1. The molecule has 14 aromatic rings. The molecule has 0 bridgehead atoms. The monoisotopic (exact) mass is 1770 g/mol. The lowest BCUT2D eigenvalue weighted by Gasteiger charge is -2.44. The quantitative estimate of drug-likeness (QED) is 0.0279. The molecule has 0 aliphatic heterocycles. The summed E-state index contributed by atoms with van der Waals surface area (Å²) in [6.07, 6.45) is 9.36. The van der Waals surface area contributed by atoms with Gasteiger partial charge in [0.05, 0.1) is 31.3 Å². The minimum Gasteiger partial charge on any atom is -0.488 e. The van der Waals surface area contributed by atoms with Crippen LogP contribution in [0.4, 0.5) is 11.4 Å². The van der Waals surface area contributed by atoms with Crippen molar-refractivity contribution in [2.24, 2.45) is 0 Å². The Morgan fingerprint density at radius 3 is 0.770 bits per heavy atom. The van der Waals surface area contributed by atoms with Gasteiger partial charge in [0.25, 0.3) is 33.3 Å². The third kappa shape index (κ3) is 22.2. The Morgan fingerprint density at radius 2 is 0.532 bits per heavy atom. The van der Waals surface area contributed by atoms with E-state index < -0.39 is 33.3 Å². The van der Waals surface area contributed by atoms with Crippen molar-refractivity contribution in [2.45, 2.75) is 116 Å². The molecule has 9 nitrogen and oxygen atoms in total. The molecule has 0 N–H and O–H groups in total. The van der Waals surface area contributed by atoms with Crippen molar-refractivity contribution in [3.63, 3.8) is 0 Å². The third-order valence-electron chi connectivity index (χ3n) is 23.7. The largest absolute Gasteiger partial charge is 0.488 e. The van der Waals surface area contributed by atoms with Crippen molar-refractivity contribution in [1.29, 1.82) is 0 Å². The summed E-state index contributed by atoms with van der Waals surface area (Å²) in [5, 5.41) is 11.7. The van der Waals surface area contributed by atoms with Crippen LogP contribution < -0.4 is 60.8 Å². The normalized spacial score (nSPS) is 12.4. The molecule has 0 aliphatic carbocycles. The summed E-state index contributed by atoms with van der Waals surface area (Å²) in [6.45, 7) is 33.6. The van der Waals surface area contributed by atoms with Gasteiger partial charge >= 0.3 is 0 Å². The lowest BCUT2D eigenvalue weighted by molar-refractivity contribution is 0.112. The molecular formula is C111H122N2O7S2Si4. The number of rotatable bonds is 37. The van der Waals surface area contributed by atoms with E-state index in [-0.39, 0.29) is 20.2 Å². The molecule has 0 atom stereocenters. The van der Waals surface area contributed by atoms with E-state index in [2.05, 4.69) is 450 Å². The molecule has 15 heteroatoms. The summed E-state index contributed by atoms with van der Waals surface area (Å²) in [5.41, 5.74) is 6.29. The first kappa shape index (κ1) is 92.8. The van der Waals surface area contributed by atoms with Crippen molar-refractivity contribution in [1.82, 2.24) is 0 Å². The number of aldehydes is 1. The number of carbonyl (C=O) groups excluding carboxylic acids is 1. The smallest absolute Gasteiger partial charge is 0.261 e. The summed E-state index contributed by atoms with van der Waals surface area (Å²) >= 11 is 3.20. The molecular weight excluding hydrogens is 1650 g/mol. The molecule has 0 saturated carbocycles. The average Bonchev–Trinajstić information content (AvgIpc) is 0.772. The Labute approximate surface area is 762 Å². The molecule has 0 unspecified atom stereocenters. The number of anilines is 2. The van der Waals surface area contributed by atoms with Gasteiger partial charge in [-0.2, -0.15) is 0 Å². The van der Waals surface area contributed by atoms with Crippen LogP contribution in [0.2, 0.25) is 20.2 Å². The highest BCUT2D eigenvalue weighted by Gasteiger charge is 2.54. The zero-order chi connectivity index (χ0) is 88.5. The van der Waals surface area contributed by atoms with Gasteiger partial charge in [-0.25, -0.2) is 0 Å². The van der Waals surface area contributed by atoms with Gasteiger partial charge in [0.1, 0.15) is 24.7 Å². The highest BCUT2D eigenvalue weighted by molar-refractivity contribution is 7.14. The van der Waals surface area contributed by atoms with Crippen molar-refractivity contribution in [3.05, 3.63) is 406 Å². The zero-order valence-corrected chi connectivity index (χ0v) is 80.9. The molecule has 0 spiro atoms. The summed E-state index contributed by atoms with van der Waals surface area (Å²) in [5.74, 6) is 1.61. The van der Waals surface area contributed by atoms with Crippen molar-refractivity contribution >= 4 is 139 Å². The van der Waals surface area contributed by atoms with Crippen molar-refractivity contribution < 1.29 is 32.0 Å². The number of thiophene rings is 2. The van der Waals surface area contributed by atoms with E-state index in [4.69, 9.17) is 27.2 Å². The van der Waals surface area contributed by atoms with Crippen molar-refractivity contribution in [3.8, 4) is 11.5 Å². The maximum atomic E-state index is 11.5. The minimum atomic E-state index is -2.81. The van der Waals surface area contributed by atoms with Crippen LogP contribution in [0, 0.1) is 0 Å². The molecule has 126 heavy (non-hydrogen) atoms. The topological polar surface area (TPSA) is 78.9 Å². The first-order chi connectivity index (χ1) is 61.0. The minimum absolute atomic E-state index is 0.137. The number of nitrogens with zero attached hydrogens (tertiary/aromatic N) is 2. The van der Waals surface area contributed by atoms with Gasteiger partial charge in [0.15, 0.2) is 6.29 Å². The highest BCUT2D eigenvalue weighted by atomic mass is 32.1. The lowest BCUT2D eigenvalue weighted by Crippen LogP contribution is -2.67. The Balaban J connectivity index is 0.000000216. The zero-order valence-electron chi connectivity index (χ0n) is 75.2. The van der Waals surface area contributed by atoms with Crippen molar-refractivity contribution in [2.75, 3.05) is 62.4 Å². The van der Waals surface area contributed by atoms with Gasteiger partial charge in [-0.3, -0.25) is 4.79 Å². The number of hydrogen-bond donors (Lipinski definition) is 0. The van der Waals surface area contributed by atoms with E-state index in [1.807, 2.05) is 36.4 Å². The van der Waals surface area contributed by atoms with Gasteiger partial charge in [-0.1, -0.05) is 392 Å². The molecule has 0 saturated heterocycles. The van der Waals surface area contributed by atoms with Crippen LogP contribution in [0.15, 0.2) is 369 Å². The van der Waals surface area contributed by atoms with Crippen LogP contribution in [-0.2, 0) is 30.9 Å². The number of ether oxygens (including phenoxy) is 2. The number of benzene rings is 12. The predicted molar refractivity (Wildman–Crippen MR) is 545 cm³/mol. The molecule has 14 rings (SSSR count). The summed E-state index contributed by atoms with van der Waals surface area (Å²) < 4.78 is 43.5. The molecule has 12 aromatic carbocycles. The van der Waals surface area contributed by atoms with Crippen LogP contribution >= 0.6 is 22.7 Å². The van der Waals surface area contributed by atoms with Crippen LogP contribution in [0.1, 0.15) is 125 Å². The first-order valence-electron chi connectivity index (χ1n) is 44.0. The number of hydrogen-bond acceptors (Lipinski definition) is 11. The van der Waals surface area contributed by atoms with E-state index in [9.17, 15) is 4.79 Å². The maximum absolute atomic E-state index is 11.5. The van der Waals surface area contributed by atoms with Crippen LogP contribution in [-0.4, -0.2) is 92.2 Å². The summed E-state index contributed by atoms with van der Waals surface area (Å²) in [7, 11) is -11.2. The molecule has 2 aromatic heterocycles. The van der Waals surface area contributed by atoms with E-state index >= 15 is 0 Å². The predicted octanol–water partition coefficient (Wildman–Crippen LogP) is 22.7. The van der Waals surface area contributed by atoms with Crippen LogP contribution in [0.5, 0.6) is 11.5 Å². The Hall–Kier alpha value is -10.9. The van der Waals surface area contributed by atoms with Gasteiger partial charge in [0, 0.05) is 70.6 Å². The molecule has 0 fully saturated rings. The van der Waals surface area contributed by atoms with E-state index in [0.717, 1.165) is 56.3 Å². The average molecular weight is 1770 g/mol. The Kier molecular flexibility index (Phi) is 31.7. The fraction of sp³-hybridized carbons (Fsp3) is 0.234. The first-order valence-corrected chi connectivity index (χ1v) is 53.3. The number of carbonyl (C=O) groups is 1. The molecule has 646 valence electrons. The second-order valence-corrected chi connectivity index (χ2v) is 55.4. The molecule has 0 amide bonds. The molecule has 0 radical (unpaired) electrons. The standard InChI is InChI=1S/C56H61NO4SSi2.C55H61NO3SSi2/c1-55(2,3)63(50-24-14-8-15-25-50,51-26-16-9-17-27-51)60-40-38-57(39-41-61-64(56(4,5)6,52-28-18-10-19-29-52)53-30-20-11-21-31-53)47-34-32-46(33-35-48-36-37-49(43-58)62-48)54(42-47)59-44-45-22-12-7-13-23-45;1-54(2,3)61(49-26-14-8-15-27-49,50-28-16-9-17-29-50)58-40-38-56(39-41-59-62(55(4,5)6,51-30-18-10-19-31-51)52-32-20-11-21-33-52)47-36-34-46(35-37-48-25-22-42-60-48)53(43-47)57-44-45-23-12-7-13-24-45/h7-37,42-43H,38-41,44H2,1-6H3;7-37,42-43H,38-41,44H2,1-6H3/b35-33+;. The Morgan fingerprint density at radius 1 is 0.278 bits per heavy atom. The fourth-order valence-corrected chi connectivity index (χ4v) is 37.3. The maximum Gasteiger partial charge on any atom is 0.261 e. The van der Waals surface area contributed by atoms with Gasteiger partial charge in [0.2, 0.25) is 0 Å².